The topological polar surface area (TPSA) is 37.3 Å². The van der Waals surface area contributed by atoms with Gasteiger partial charge in [-0.15, -0.1) is 0 Å². The van der Waals surface area contributed by atoms with Gasteiger partial charge < -0.3 is 5.11 Å². The predicted molar refractivity (Wildman–Crippen MR) is 52.9 cm³/mol. The summed E-state index contributed by atoms with van der Waals surface area (Å²) in [6.07, 6.45) is 0.405. The van der Waals surface area contributed by atoms with E-state index in [9.17, 15) is 13.6 Å². The molecule has 0 spiro atoms. The molecule has 80 valence electrons. The van der Waals surface area contributed by atoms with E-state index in [0.717, 1.165) is 0 Å². The molecular weight excluding hydrogens is 226 g/mol. The lowest BCUT2D eigenvalue weighted by atomic mass is 10.1. The van der Waals surface area contributed by atoms with Crippen molar-refractivity contribution in [3.8, 4) is 0 Å². The Hall–Kier alpha value is -1.42. The zero-order chi connectivity index (χ0) is 11.5. The smallest absolute Gasteiger partial charge is 0.349 e. The van der Waals surface area contributed by atoms with E-state index in [2.05, 4.69) is 0 Å². The second kappa shape index (κ2) is 4.40. The molecule has 1 N–H and O–H groups in total. The van der Waals surface area contributed by atoms with E-state index >= 15 is 0 Å². The first-order chi connectivity index (χ1) is 6.91. The number of carbonyl (C=O) groups is 1. The zero-order valence-electron chi connectivity index (χ0n) is 7.45. The Labute approximate surface area is 89.8 Å². The van der Waals surface area contributed by atoms with Crippen molar-refractivity contribution >= 4 is 23.1 Å². The number of carboxylic acids is 1. The lowest BCUT2D eigenvalue weighted by Crippen LogP contribution is -2.11. The highest BCUT2D eigenvalue weighted by Crippen LogP contribution is 2.35. The van der Waals surface area contributed by atoms with Crippen LogP contribution in [0.1, 0.15) is 5.56 Å². The minimum absolute atomic E-state index is 0.0832. The van der Waals surface area contributed by atoms with Gasteiger partial charge in [0.05, 0.1) is 5.57 Å². The number of rotatable bonds is 3. The number of carboxylic acid groups (broad SMARTS) is 1. The SMILES string of the molecule is O=C(O)/C=C(\c1ccccc1)C(F)(F)Cl. The molecule has 0 aliphatic rings. The van der Waals surface area contributed by atoms with Crippen LogP contribution in [0.15, 0.2) is 36.4 Å². The van der Waals surface area contributed by atoms with Gasteiger partial charge in [0.1, 0.15) is 0 Å². The van der Waals surface area contributed by atoms with Crippen LogP contribution in [0.3, 0.4) is 0 Å². The van der Waals surface area contributed by atoms with Crippen LogP contribution in [-0.4, -0.2) is 16.5 Å². The quantitative estimate of drug-likeness (QED) is 0.643. The van der Waals surface area contributed by atoms with Crippen LogP contribution in [0.5, 0.6) is 0 Å². The molecule has 0 fully saturated rings. The van der Waals surface area contributed by atoms with Crippen LogP contribution in [-0.2, 0) is 4.79 Å². The fourth-order valence-corrected chi connectivity index (χ4v) is 1.23. The van der Waals surface area contributed by atoms with Gasteiger partial charge in [-0.25, -0.2) is 4.79 Å². The summed E-state index contributed by atoms with van der Waals surface area (Å²) in [6.45, 7) is 0. The molecule has 0 saturated heterocycles. The van der Waals surface area contributed by atoms with Crippen LogP contribution in [0.4, 0.5) is 8.78 Å². The number of halogens is 3. The van der Waals surface area contributed by atoms with Gasteiger partial charge in [0.15, 0.2) is 0 Å². The summed E-state index contributed by atoms with van der Waals surface area (Å²) in [7, 11) is 0. The molecule has 2 nitrogen and oxygen atoms in total. The third kappa shape index (κ3) is 3.32. The Bertz CT molecular complexity index is 382. The van der Waals surface area contributed by atoms with Crippen molar-refractivity contribution in [1.29, 1.82) is 0 Å². The van der Waals surface area contributed by atoms with Crippen molar-refractivity contribution in [2.45, 2.75) is 5.38 Å². The first-order valence-electron chi connectivity index (χ1n) is 3.98. The van der Waals surface area contributed by atoms with E-state index < -0.39 is 16.9 Å². The van der Waals surface area contributed by atoms with Crippen LogP contribution in [0, 0.1) is 0 Å². The largest absolute Gasteiger partial charge is 0.478 e. The lowest BCUT2D eigenvalue weighted by Gasteiger charge is -2.12. The number of allylic oxidation sites excluding steroid dienone is 1. The molecule has 0 unspecified atom stereocenters. The van der Waals surface area contributed by atoms with Gasteiger partial charge in [-0.1, -0.05) is 30.3 Å². The fraction of sp³-hybridized carbons (Fsp3) is 0.100. The van der Waals surface area contributed by atoms with Gasteiger partial charge in [-0.3, -0.25) is 0 Å². The zero-order valence-corrected chi connectivity index (χ0v) is 8.21. The highest BCUT2D eigenvalue weighted by atomic mass is 35.5. The second-order valence-corrected chi connectivity index (χ2v) is 3.23. The Balaban J connectivity index is 3.20. The van der Waals surface area contributed by atoms with E-state index in [1.807, 2.05) is 0 Å². The van der Waals surface area contributed by atoms with Gasteiger partial charge in [-0.05, 0) is 17.2 Å². The number of hydrogen-bond acceptors (Lipinski definition) is 1. The average molecular weight is 233 g/mol. The van der Waals surface area contributed by atoms with Crippen LogP contribution < -0.4 is 0 Å². The summed E-state index contributed by atoms with van der Waals surface area (Å²) in [5, 5.41) is 4.75. The number of hydrogen-bond donors (Lipinski definition) is 1. The molecule has 0 aromatic heterocycles. The van der Waals surface area contributed by atoms with Crippen molar-refractivity contribution < 1.29 is 18.7 Å². The highest BCUT2D eigenvalue weighted by Gasteiger charge is 2.32. The van der Waals surface area contributed by atoms with Gasteiger partial charge in [0, 0.05) is 6.08 Å². The number of aliphatic carboxylic acids is 1. The van der Waals surface area contributed by atoms with Crippen molar-refractivity contribution in [2.75, 3.05) is 0 Å². The maximum atomic E-state index is 12.9. The normalized spacial score (nSPS) is 12.6. The lowest BCUT2D eigenvalue weighted by molar-refractivity contribution is -0.131. The minimum Gasteiger partial charge on any atom is -0.478 e. The Morgan fingerprint density at radius 2 is 1.87 bits per heavy atom. The van der Waals surface area contributed by atoms with Gasteiger partial charge >= 0.3 is 11.4 Å². The van der Waals surface area contributed by atoms with Crippen molar-refractivity contribution in [3.05, 3.63) is 42.0 Å². The number of alkyl halides is 3. The maximum absolute atomic E-state index is 12.9. The van der Waals surface area contributed by atoms with Gasteiger partial charge in [0.2, 0.25) is 0 Å². The molecule has 0 heterocycles. The molecule has 0 aliphatic heterocycles. The van der Waals surface area contributed by atoms with Crippen LogP contribution in [0.2, 0.25) is 0 Å². The van der Waals surface area contributed by atoms with E-state index in [4.69, 9.17) is 16.7 Å². The highest BCUT2D eigenvalue weighted by molar-refractivity contribution is 6.28. The van der Waals surface area contributed by atoms with E-state index in [1.165, 1.54) is 24.3 Å². The molecule has 1 aromatic rings. The molecule has 1 rings (SSSR count). The summed E-state index contributed by atoms with van der Waals surface area (Å²) in [5.74, 6) is -1.46. The molecule has 1 aromatic carbocycles. The summed E-state index contributed by atoms with van der Waals surface area (Å²) in [4.78, 5) is 10.4. The summed E-state index contributed by atoms with van der Waals surface area (Å²) in [6, 6.07) is 7.41. The average Bonchev–Trinajstić information content (AvgIpc) is 2.14. The molecule has 0 saturated carbocycles. The molecule has 0 radical (unpaired) electrons. The predicted octanol–water partition coefficient (Wildman–Crippen LogP) is 2.99. The number of benzene rings is 1. The first kappa shape index (κ1) is 11.7. The van der Waals surface area contributed by atoms with Crippen molar-refractivity contribution in [3.63, 3.8) is 0 Å². The Morgan fingerprint density at radius 3 is 2.27 bits per heavy atom. The van der Waals surface area contributed by atoms with Crippen LogP contribution >= 0.6 is 11.6 Å². The van der Waals surface area contributed by atoms with Gasteiger partial charge in [0.25, 0.3) is 0 Å². The molecule has 5 heteroatoms. The molecular formula is C10H7ClF2O2. The van der Waals surface area contributed by atoms with Crippen LogP contribution in [0.25, 0.3) is 5.57 Å². The molecule has 0 atom stereocenters. The molecule has 0 aliphatic carbocycles. The van der Waals surface area contributed by atoms with E-state index in [-0.39, 0.29) is 5.56 Å². The maximum Gasteiger partial charge on any atom is 0.349 e. The third-order valence-electron chi connectivity index (χ3n) is 1.66. The van der Waals surface area contributed by atoms with Gasteiger partial charge in [-0.2, -0.15) is 8.78 Å². The van der Waals surface area contributed by atoms with Crippen molar-refractivity contribution in [2.24, 2.45) is 0 Å². The second-order valence-electron chi connectivity index (χ2n) is 2.76. The Morgan fingerprint density at radius 1 is 1.33 bits per heavy atom. The Kier molecular flexibility index (Phi) is 3.42. The molecule has 0 amide bonds. The fourth-order valence-electron chi connectivity index (χ4n) is 1.07. The summed E-state index contributed by atoms with van der Waals surface area (Å²) < 4.78 is 25.7. The van der Waals surface area contributed by atoms with E-state index in [1.54, 1.807) is 6.07 Å². The van der Waals surface area contributed by atoms with E-state index in [0.29, 0.717) is 6.08 Å². The first-order valence-corrected chi connectivity index (χ1v) is 4.36. The summed E-state index contributed by atoms with van der Waals surface area (Å²) >= 11 is 4.81. The summed E-state index contributed by atoms with van der Waals surface area (Å²) in [5.41, 5.74) is -0.642. The molecule has 15 heavy (non-hydrogen) atoms. The third-order valence-corrected chi connectivity index (χ3v) is 1.86. The molecule has 0 bridgehead atoms. The standard InChI is InChI=1S/C10H7ClF2O2/c11-10(12,13)8(6-9(14)15)7-4-2-1-3-5-7/h1-6H,(H,14,15)/b8-6+. The monoisotopic (exact) mass is 232 g/mol. The minimum atomic E-state index is -3.69. The van der Waals surface area contributed by atoms with Crippen molar-refractivity contribution in [1.82, 2.24) is 0 Å².